The molecule has 1 aromatic heterocycles. The van der Waals surface area contributed by atoms with Crippen LogP contribution >= 0.6 is 11.3 Å². The van der Waals surface area contributed by atoms with E-state index >= 15 is 0 Å². The summed E-state index contributed by atoms with van der Waals surface area (Å²) in [4.78, 5) is 7.57. The van der Waals surface area contributed by atoms with E-state index in [1.165, 1.54) is 11.3 Å². The highest BCUT2D eigenvalue weighted by atomic mass is 32.2. The van der Waals surface area contributed by atoms with E-state index in [1.807, 2.05) is 43.5 Å². The number of nitrogens with one attached hydrogen (secondary N) is 1. The largest absolute Gasteiger partial charge is 0.492 e. The Hall–Kier alpha value is -2.50. The average molecular weight is 503 g/mol. The Morgan fingerprint density at radius 2 is 1.97 bits per heavy atom. The van der Waals surface area contributed by atoms with E-state index in [0.29, 0.717) is 28.1 Å². The molecule has 3 N–H and O–H groups in total. The molecule has 1 aliphatic rings. The minimum atomic E-state index is -1.58. The molecule has 0 spiro atoms. The highest BCUT2D eigenvalue weighted by Gasteiger charge is 2.13. The number of thiazole rings is 1. The van der Waals surface area contributed by atoms with Crippen LogP contribution in [0.1, 0.15) is 13.8 Å². The third-order valence-corrected chi connectivity index (χ3v) is 6.70. The quantitative estimate of drug-likeness (QED) is 0.432. The van der Waals surface area contributed by atoms with Gasteiger partial charge in [0.15, 0.2) is 5.13 Å². The zero-order chi connectivity index (χ0) is 23.9. The fraction of sp³-hybridized carbons (Fsp3) is 0.375. The van der Waals surface area contributed by atoms with Gasteiger partial charge in [0.1, 0.15) is 29.1 Å². The van der Waals surface area contributed by atoms with Crippen LogP contribution in [0.25, 0.3) is 11.3 Å². The summed E-state index contributed by atoms with van der Waals surface area (Å²) in [6.07, 6.45) is -0.00349. The van der Waals surface area contributed by atoms with Crippen LogP contribution in [-0.2, 0) is 15.7 Å². The maximum Gasteiger partial charge on any atom is 0.187 e. The Kier molecular flexibility index (Phi) is 8.52. The van der Waals surface area contributed by atoms with E-state index in [9.17, 15) is 4.21 Å². The van der Waals surface area contributed by atoms with Crippen LogP contribution in [0.4, 0.5) is 10.8 Å². The summed E-state index contributed by atoms with van der Waals surface area (Å²) < 4.78 is 28.9. The molecule has 0 aliphatic carbocycles. The average Bonchev–Trinajstić information content (AvgIpc) is 3.29. The van der Waals surface area contributed by atoms with Crippen molar-refractivity contribution in [1.29, 1.82) is 0 Å². The predicted molar refractivity (Wildman–Crippen MR) is 136 cm³/mol. The Morgan fingerprint density at radius 1 is 1.21 bits per heavy atom. The molecule has 0 amide bonds. The first-order valence-electron chi connectivity index (χ1n) is 11.2. The second-order valence-electron chi connectivity index (χ2n) is 8.11. The van der Waals surface area contributed by atoms with Crippen LogP contribution in [0.15, 0.2) is 52.7 Å². The number of morpholine rings is 1. The zero-order valence-corrected chi connectivity index (χ0v) is 21.0. The van der Waals surface area contributed by atoms with E-state index in [1.54, 1.807) is 18.2 Å². The molecule has 10 heteroatoms. The van der Waals surface area contributed by atoms with E-state index in [-0.39, 0.29) is 6.10 Å². The summed E-state index contributed by atoms with van der Waals surface area (Å²) in [5.74, 6) is 1.49. The number of benzene rings is 2. The highest BCUT2D eigenvalue weighted by Crippen LogP contribution is 2.33. The summed E-state index contributed by atoms with van der Waals surface area (Å²) in [5.41, 5.74) is 2.53. The first kappa shape index (κ1) is 24.6. The molecule has 1 unspecified atom stereocenters. The van der Waals surface area contributed by atoms with Gasteiger partial charge in [-0.3, -0.25) is 4.90 Å². The Balaban J connectivity index is 1.39. The molecule has 34 heavy (non-hydrogen) atoms. The van der Waals surface area contributed by atoms with Crippen molar-refractivity contribution in [2.45, 2.75) is 24.8 Å². The molecule has 2 heterocycles. The second kappa shape index (κ2) is 11.8. The van der Waals surface area contributed by atoms with Crippen molar-refractivity contribution in [3.05, 3.63) is 47.8 Å². The van der Waals surface area contributed by atoms with Crippen LogP contribution in [-0.4, -0.2) is 59.7 Å². The van der Waals surface area contributed by atoms with Gasteiger partial charge in [0.2, 0.25) is 0 Å². The molecule has 0 bridgehead atoms. The molecule has 182 valence electrons. The van der Waals surface area contributed by atoms with Gasteiger partial charge >= 0.3 is 0 Å². The van der Waals surface area contributed by atoms with Gasteiger partial charge in [-0.2, -0.15) is 0 Å². The van der Waals surface area contributed by atoms with Crippen LogP contribution in [0.5, 0.6) is 11.5 Å². The van der Waals surface area contributed by atoms with Crippen molar-refractivity contribution in [3.63, 3.8) is 0 Å². The monoisotopic (exact) mass is 502 g/mol. The third kappa shape index (κ3) is 6.77. The Labute approximate surface area is 206 Å². The Bertz CT molecular complexity index is 1100. The lowest BCUT2D eigenvalue weighted by atomic mass is 10.2. The maximum absolute atomic E-state index is 11.7. The highest BCUT2D eigenvalue weighted by molar-refractivity contribution is 7.82. The zero-order valence-electron chi connectivity index (χ0n) is 19.4. The lowest BCUT2D eigenvalue weighted by molar-refractivity contribution is 0.0322. The van der Waals surface area contributed by atoms with Crippen LogP contribution in [0.2, 0.25) is 0 Å². The van der Waals surface area contributed by atoms with Crippen molar-refractivity contribution in [2.75, 3.05) is 44.8 Å². The van der Waals surface area contributed by atoms with Crippen molar-refractivity contribution in [3.8, 4) is 22.8 Å². The number of ether oxygens (including phenoxy) is 3. The van der Waals surface area contributed by atoms with Gasteiger partial charge in [0.05, 0.1) is 35.6 Å². The second-order valence-corrected chi connectivity index (χ2v) is 10.0. The number of nitrogens with two attached hydrogens (primary N) is 1. The summed E-state index contributed by atoms with van der Waals surface area (Å²) in [6, 6.07) is 13.2. The van der Waals surface area contributed by atoms with Crippen molar-refractivity contribution in [2.24, 2.45) is 5.14 Å². The minimum absolute atomic E-state index is 0.00349. The Morgan fingerprint density at radius 3 is 2.68 bits per heavy atom. The molecule has 2 aromatic carbocycles. The maximum atomic E-state index is 11.7. The van der Waals surface area contributed by atoms with Gasteiger partial charge in [0.25, 0.3) is 0 Å². The third-order valence-electron chi connectivity index (χ3n) is 5.22. The van der Waals surface area contributed by atoms with Gasteiger partial charge in [-0.1, -0.05) is 0 Å². The molecular formula is C24H30N4O4S2. The topological polar surface area (TPSA) is 98.9 Å². The van der Waals surface area contributed by atoms with Gasteiger partial charge in [0, 0.05) is 30.6 Å². The lowest BCUT2D eigenvalue weighted by Crippen LogP contribution is -2.38. The fourth-order valence-corrected chi connectivity index (χ4v) is 4.68. The van der Waals surface area contributed by atoms with E-state index in [2.05, 4.69) is 10.2 Å². The van der Waals surface area contributed by atoms with Gasteiger partial charge in [-0.15, -0.1) is 11.3 Å². The van der Waals surface area contributed by atoms with E-state index in [4.69, 9.17) is 24.3 Å². The number of hydrogen-bond donors (Lipinski definition) is 2. The normalized spacial score (nSPS) is 15.3. The smallest absolute Gasteiger partial charge is 0.187 e. The fourth-order valence-electron chi connectivity index (χ4n) is 3.51. The standard InChI is InChI=1S/C24H30N4O4S2/c1-17(2)32-23-8-7-20(34(25)29)15-21(23)26-24-27-22(16-33-24)18-3-5-19(6-4-18)31-14-11-28-9-12-30-13-10-28/h3-8,15-17H,9-14,25H2,1-2H3,(H,26,27). The number of anilines is 2. The number of rotatable bonds is 10. The molecule has 1 aliphatic heterocycles. The summed E-state index contributed by atoms with van der Waals surface area (Å²) in [5, 5.41) is 11.5. The molecule has 8 nitrogen and oxygen atoms in total. The SMILES string of the molecule is CC(C)Oc1ccc(S(N)=O)cc1Nc1nc(-c2ccc(OCCN3CCOCC3)cc2)cs1. The first-order chi connectivity index (χ1) is 16.5. The molecule has 1 saturated heterocycles. The molecule has 1 fully saturated rings. The first-order valence-corrected chi connectivity index (χ1v) is 13.3. The molecule has 0 saturated carbocycles. The number of aromatic nitrogens is 1. The molecule has 4 rings (SSSR count). The lowest BCUT2D eigenvalue weighted by Gasteiger charge is -2.26. The summed E-state index contributed by atoms with van der Waals surface area (Å²) in [7, 11) is -1.58. The van der Waals surface area contributed by atoms with Crippen LogP contribution in [0, 0.1) is 0 Å². The number of nitrogens with zero attached hydrogens (tertiary/aromatic N) is 2. The summed E-state index contributed by atoms with van der Waals surface area (Å²) in [6.45, 7) is 8.97. The van der Waals surface area contributed by atoms with Crippen molar-refractivity contribution >= 4 is 33.1 Å². The molecule has 3 aromatic rings. The molecular weight excluding hydrogens is 472 g/mol. The molecule has 1 atom stereocenters. The predicted octanol–water partition coefficient (Wildman–Crippen LogP) is 4.03. The summed E-state index contributed by atoms with van der Waals surface area (Å²) >= 11 is 1.48. The van der Waals surface area contributed by atoms with Gasteiger partial charge in [-0.05, 0) is 56.3 Å². The van der Waals surface area contributed by atoms with Crippen LogP contribution in [0.3, 0.4) is 0 Å². The minimum Gasteiger partial charge on any atom is -0.492 e. The van der Waals surface area contributed by atoms with Crippen molar-refractivity contribution in [1.82, 2.24) is 9.88 Å². The van der Waals surface area contributed by atoms with E-state index in [0.717, 1.165) is 49.9 Å². The van der Waals surface area contributed by atoms with Crippen molar-refractivity contribution < 1.29 is 18.4 Å². The van der Waals surface area contributed by atoms with Crippen LogP contribution < -0.4 is 19.9 Å². The number of hydrogen-bond acceptors (Lipinski definition) is 8. The van der Waals surface area contributed by atoms with E-state index < -0.39 is 11.0 Å². The van der Waals surface area contributed by atoms with Gasteiger partial charge < -0.3 is 19.5 Å². The van der Waals surface area contributed by atoms with Gasteiger partial charge in [-0.25, -0.2) is 14.3 Å². The molecule has 0 radical (unpaired) electrons.